The lowest BCUT2D eigenvalue weighted by atomic mass is 9.43. The van der Waals surface area contributed by atoms with Crippen LogP contribution in [0.4, 0.5) is 0 Å². The van der Waals surface area contributed by atoms with Crippen LogP contribution in [-0.2, 0) is 28.8 Å². The monoisotopic (exact) mass is 512 g/mol. The summed E-state index contributed by atoms with van der Waals surface area (Å²) >= 11 is 0. The van der Waals surface area contributed by atoms with Gasteiger partial charge in [-0.15, -0.1) is 0 Å². The molecule has 1 N–H and O–H groups in total. The summed E-state index contributed by atoms with van der Waals surface area (Å²) in [6.45, 7) is 12.9. The maximum absolute atomic E-state index is 14.0. The van der Waals surface area contributed by atoms with Gasteiger partial charge in [0.05, 0.1) is 11.3 Å². The second kappa shape index (κ2) is 8.54. The van der Waals surface area contributed by atoms with E-state index in [1.807, 2.05) is 41.5 Å². The summed E-state index contributed by atoms with van der Waals surface area (Å²) in [5, 5.41) is 9.16. The molecule has 4 aliphatic carbocycles. The van der Waals surface area contributed by atoms with Gasteiger partial charge in [-0.1, -0.05) is 41.5 Å². The van der Waals surface area contributed by atoms with E-state index in [9.17, 15) is 28.8 Å². The van der Waals surface area contributed by atoms with Crippen LogP contribution in [0.15, 0.2) is 11.1 Å². The Kier molecular flexibility index (Phi) is 6.37. The third kappa shape index (κ3) is 3.66. The molecule has 4 rings (SSSR count). The summed E-state index contributed by atoms with van der Waals surface area (Å²) in [7, 11) is 0. The van der Waals surface area contributed by atoms with E-state index in [1.165, 1.54) is 6.92 Å². The van der Waals surface area contributed by atoms with E-state index in [-0.39, 0.29) is 78.8 Å². The molecule has 0 aromatic heterocycles. The highest BCUT2D eigenvalue weighted by atomic mass is 16.4. The highest BCUT2D eigenvalue weighted by molar-refractivity contribution is 6.16. The molecule has 0 saturated heterocycles. The van der Waals surface area contributed by atoms with Crippen LogP contribution in [0.25, 0.3) is 0 Å². The van der Waals surface area contributed by atoms with Gasteiger partial charge in [0, 0.05) is 60.5 Å². The highest BCUT2D eigenvalue weighted by Crippen LogP contribution is 2.69. The predicted molar refractivity (Wildman–Crippen MR) is 135 cm³/mol. The van der Waals surface area contributed by atoms with Crippen LogP contribution in [0, 0.1) is 45.3 Å². The Balaban J connectivity index is 1.76. The zero-order chi connectivity index (χ0) is 27.9. The van der Waals surface area contributed by atoms with E-state index in [4.69, 9.17) is 5.11 Å². The van der Waals surface area contributed by atoms with Crippen molar-refractivity contribution in [3.05, 3.63) is 11.1 Å². The van der Waals surface area contributed by atoms with Gasteiger partial charge in [-0.25, -0.2) is 0 Å². The minimum atomic E-state index is -1.14. The number of carboxylic acids is 1. The number of hydrogen-bond donors (Lipinski definition) is 1. The summed E-state index contributed by atoms with van der Waals surface area (Å²) in [6.07, 6.45) is 1.34. The third-order valence-corrected chi connectivity index (χ3v) is 11.1. The van der Waals surface area contributed by atoms with Crippen molar-refractivity contribution >= 4 is 34.9 Å². The van der Waals surface area contributed by atoms with Crippen molar-refractivity contribution in [1.82, 2.24) is 0 Å². The Bertz CT molecular complexity index is 1160. The molecule has 2 fully saturated rings. The van der Waals surface area contributed by atoms with Crippen LogP contribution in [0.3, 0.4) is 0 Å². The van der Waals surface area contributed by atoms with Crippen LogP contribution in [0.2, 0.25) is 0 Å². The number of aliphatic carboxylic acids is 1. The van der Waals surface area contributed by atoms with E-state index in [0.717, 1.165) is 0 Å². The van der Waals surface area contributed by atoms with Crippen molar-refractivity contribution in [3.63, 3.8) is 0 Å². The first kappa shape index (κ1) is 27.6. The Morgan fingerprint density at radius 3 is 2.11 bits per heavy atom. The largest absolute Gasteiger partial charge is 0.481 e. The van der Waals surface area contributed by atoms with E-state index in [2.05, 4.69) is 0 Å². The average Bonchev–Trinajstić information content (AvgIpc) is 2.99. The van der Waals surface area contributed by atoms with Crippen LogP contribution in [-0.4, -0.2) is 40.0 Å². The van der Waals surface area contributed by atoms with Crippen LogP contribution >= 0.6 is 0 Å². The number of rotatable bonds is 6. The zero-order valence-corrected chi connectivity index (χ0v) is 23.2. The van der Waals surface area contributed by atoms with Gasteiger partial charge in [0.25, 0.3) is 0 Å². The molecule has 0 aliphatic heterocycles. The van der Waals surface area contributed by atoms with E-state index >= 15 is 0 Å². The van der Waals surface area contributed by atoms with Crippen LogP contribution in [0.1, 0.15) is 93.4 Å². The number of allylic oxidation sites excluding steroid dienone is 2. The van der Waals surface area contributed by atoms with Crippen molar-refractivity contribution < 1.29 is 33.9 Å². The number of carbonyl (C=O) groups is 6. The van der Waals surface area contributed by atoms with E-state index in [0.29, 0.717) is 24.0 Å². The Labute approximate surface area is 218 Å². The fourth-order valence-electron chi connectivity index (χ4n) is 8.66. The summed E-state index contributed by atoms with van der Waals surface area (Å²) in [4.78, 5) is 78.4. The molecule has 37 heavy (non-hydrogen) atoms. The Morgan fingerprint density at radius 1 is 0.892 bits per heavy atom. The smallest absolute Gasteiger partial charge is 0.306 e. The second-order valence-corrected chi connectivity index (χ2v) is 13.5. The summed E-state index contributed by atoms with van der Waals surface area (Å²) in [5.74, 6) is -3.06. The van der Waals surface area contributed by atoms with Gasteiger partial charge in [-0.3, -0.25) is 28.8 Å². The first-order valence-corrected chi connectivity index (χ1v) is 13.6. The predicted octanol–water partition coefficient (Wildman–Crippen LogP) is 4.55. The molecule has 7 heteroatoms. The van der Waals surface area contributed by atoms with E-state index in [1.54, 1.807) is 0 Å². The molecule has 4 aliphatic rings. The first-order valence-electron chi connectivity index (χ1n) is 13.6. The maximum atomic E-state index is 14.0. The quantitative estimate of drug-likeness (QED) is 0.554. The minimum Gasteiger partial charge on any atom is -0.481 e. The molecular weight excluding hydrogens is 472 g/mol. The van der Waals surface area contributed by atoms with Crippen LogP contribution < -0.4 is 0 Å². The minimum absolute atomic E-state index is 0.0697. The van der Waals surface area contributed by atoms with E-state index < -0.39 is 33.5 Å². The molecule has 0 aromatic rings. The Hall–Kier alpha value is -2.44. The molecular formula is C30H40O7. The SMILES string of the molecule is CC(CC(=O)C[C@@H](C)[C@H]1CC(=O)[C@@]2(C)C3=C(C(=O)C[C@]12C)[C@@]1(C)CCC(=O)C(C)(C)[C@@H]1CC3=O)C(=O)O. The molecule has 0 aromatic carbocycles. The Morgan fingerprint density at radius 2 is 1.51 bits per heavy atom. The van der Waals surface area contributed by atoms with Gasteiger partial charge in [-0.2, -0.15) is 0 Å². The molecule has 202 valence electrons. The van der Waals surface area contributed by atoms with Gasteiger partial charge in [0.15, 0.2) is 11.6 Å². The second-order valence-electron chi connectivity index (χ2n) is 13.5. The normalized spacial score (nSPS) is 38.6. The number of fused-ring (bicyclic) bond motifs is 4. The lowest BCUT2D eigenvalue weighted by Crippen LogP contribution is -2.59. The number of carbonyl (C=O) groups excluding carboxylic acids is 5. The van der Waals surface area contributed by atoms with Crippen molar-refractivity contribution in [2.75, 3.05) is 0 Å². The summed E-state index contributed by atoms with van der Waals surface area (Å²) in [5.41, 5.74) is -2.49. The summed E-state index contributed by atoms with van der Waals surface area (Å²) < 4.78 is 0. The standard InChI is InChI=1S/C30H40O7/c1-15(10-17(31)11-16(2)26(36)37)18-12-23(35)30(7)25-19(32)13-21-27(3,4)22(34)8-9-28(21,5)24(25)20(33)14-29(18,30)6/h15-16,18,21H,8-14H2,1-7H3,(H,36,37)/t15-,16?,18-,21+,28+,29-,30+/m1/s1. The van der Waals surface area contributed by atoms with Crippen molar-refractivity contribution in [3.8, 4) is 0 Å². The summed E-state index contributed by atoms with van der Waals surface area (Å²) in [6, 6.07) is 0. The lowest BCUT2D eigenvalue weighted by molar-refractivity contribution is -0.147. The molecule has 0 radical (unpaired) electrons. The zero-order valence-electron chi connectivity index (χ0n) is 23.2. The number of hydrogen-bond acceptors (Lipinski definition) is 6. The topological polar surface area (TPSA) is 123 Å². The molecule has 0 bridgehead atoms. The fraction of sp³-hybridized carbons (Fsp3) is 0.733. The number of carboxylic acid groups (broad SMARTS) is 1. The molecule has 0 spiro atoms. The molecule has 7 atom stereocenters. The molecule has 1 unspecified atom stereocenters. The van der Waals surface area contributed by atoms with Crippen molar-refractivity contribution in [2.24, 2.45) is 45.3 Å². The molecule has 0 heterocycles. The maximum Gasteiger partial charge on any atom is 0.306 e. The van der Waals surface area contributed by atoms with Gasteiger partial charge in [0.1, 0.15) is 17.3 Å². The van der Waals surface area contributed by atoms with Crippen LogP contribution in [0.5, 0.6) is 0 Å². The van der Waals surface area contributed by atoms with Crippen molar-refractivity contribution in [1.29, 1.82) is 0 Å². The first-order chi connectivity index (χ1) is 16.9. The molecule has 7 nitrogen and oxygen atoms in total. The third-order valence-electron chi connectivity index (χ3n) is 11.1. The van der Waals surface area contributed by atoms with Gasteiger partial charge in [0.2, 0.25) is 0 Å². The van der Waals surface area contributed by atoms with Gasteiger partial charge < -0.3 is 5.11 Å². The molecule has 2 saturated carbocycles. The number of ketones is 5. The fourth-order valence-corrected chi connectivity index (χ4v) is 8.66. The molecule has 0 amide bonds. The lowest BCUT2D eigenvalue weighted by Gasteiger charge is -2.58. The van der Waals surface area contributed by atoms with Gasteiger partial charge in [-0.05, 0) is 36.5 Å². The number of Topliss-reactive ketones (excluding diaryl/α,β-unsaturated/α-hetero) is 5. The van der Waals surface area contributed by atoms with Crippen molar-refractivity contribution in [2.45, 2.75) is 93.4 Å². The van der Waals surface area contributed by atoms with Gasteiger partial charge >= 0.3 is 5.97 Å². The highest BCUT2D eigenvalue weighted by Gasteiger charge is 2.70. The average molecular weight is 513 g/mol.